The van der Waals surface area contributed by atoms with Gasteiger partial charge in [0.15, 0.2) is 0 Å². The Bertz CT molecular complexity index is 1350. The van der Waals surface area contributed by atoms with Gasteiger partial charge in [-0.2, -0.15) is 13.2 Å². The summed E-state index contributed by atoms with van der Waals surface area (Å²) in [7, 11) is 0. The number of rotatable bonds is 5. The van der Waals surface area contributed by atoms with Crippen LogP contribution in [0, 0.1) is 5.82 Å². The molecule has 0 radical (unpaired) electrons. The Morgan fingerprint density at radius 1 is 0.902 bits per heavy atom. The standard InChI is InChI=1S/C28H27F4N5O3.ClH/c29-20-5-7-21(8-6-20)40-27(26(39)36-16-14-35(15-17-36)24-4-1-2-11-34-24)10-3-13-37(19-27)25(38)22-18-33-12-9-23(22)28(30,31)32;/h1-2,4-9,11-12,18H,3,10,13-17,19H2;1H. The molecular formula is C28H28ClF4N5O3. The number of hydrogen-bond donors (Lipinski definition) is 0. The second-order valence-electron chi connectivity index (χ2n) is 9.77. The molecule has 1 aromatic carbocycles. The van der Waals surface area contributed by atoms with Crippen LogP contribution < -0.4 is 9.64 Å². The number of alkyl halides is 3. The summed E-state index contributed by atoms with van der Waals surface area (Å²) >= 11 is 0. The quantitative estimate of drug-likeness (QED) is 0.407. The number of benzene rings is 1. The average molecular weight is 594 g/mol. The zero-order valence-electron chi connectivity index (χ0n) is 21.9. The van der Waals surface area contributed by atoms with Crippen LogP contribution in [0.3, 0.4) is 0 Å². The molecule has 3 aromatic rings. The summed E-state index contributed by atoms with van der Waals surface area (Å²) < 4.78 is 60.8. The number of piperazine rings is 1. The Labute approximate surface area is 240 Å². The van der Waals surface area contributed by atoms with Crippen molar-refractivity contribution in [2.24, 2.45) is 0 Å². The van der Waals surface area contributed by atoms with Gasteiger partial charge in [-0.25, -0.2) is 9.37 Å². The van der Waals surface area contributed by atoms with E-state index in [-0.39, 0.29) is 43.6 Å². The highest BCUT2D eigenvalue weighted by atomic mass is 35.5. The number of carbonyl (C=O) groups excluding carboxylic acids is 2. The number of nitrogens with zero attached hydrogens (tertiary/aromatic N) is 5. The van der Waals surface area contributed by atoms with Crippen molar-refractivity contribution in [2.45, 2.75) is 24.6 Å². The third kappa shape index (κ3) is 6.53. The van der Waals surface area contributed by atoms with Crippen LogP contribution in [0.5, 0.6) is 5.75 Å². The fourth-order valence-corrected chi connectivity index (χ4v) is 5.18. The van der Waals surface area contributed by atoms with Gasteiger partial charge in [0.25, 0.3) is 11.8 Å². The molecule has 2 saturated heterocycles. The molecule has 0 N–H and O–H groups in total. The fraction of sp³-hybridized carbons (Fsp3) is 0.357. The Hall–Kier alpha value is -3.93. The first kappa shape index (κ1) is 30.0. The van der Waals surface area contributed by atoms with Crippen molar-refractivity contribution < 1.29 is 31.9 Å². The molecular weight excluding hydrogens is 566 g/mol. The molecule has 2 aliphatic heterocycles. The lowest BCUT2D eigenvalue weighted by molar-refractivity contribution is -0.153. The van der Waals surface area contributed by atoms with Crippen molar-refractivity contribution in [1.82, 2.24) is 19.8 Å². The molecule has 5 rings (SSSR count). The molecule has 0 saturated carbocycles. The maximum atomic E-state index is 14.1. The van der Waals surface area contributed by atoms with E-state index in [2.05, 4.69) is 14.9 Å². The first-order valence-corrected chi connectivity index (χ1v) is 12.9. The van der Waals surface area contributed by atoms with Gasteiger partial charge in [-0.1, -0.05) is 6.07 Å². The van der Waals surface area contributed by atoms with E-state index in [0.717, 1.165) is 24.3 Å². The molecule has 8 nitrogen and oxygen atoms in total. The predicted octanol–water partition coefficient (Wildman–Crippen LogP) is 4.46. The number of anilines is 1. The van der Waals surface area contributed by atoms with Gasteiger partial charge in [0.1, 0.15) is 17.4 Å². The van der Waals surface area contributed by atoms with Crippen LogP contribution in [-0.4, -0.2) is 76.5 Å². The Balaban J connectivity index is 0.00000387. The highest BCUT2D eigenvalue weighted by Crippen LogP contribution is 2.35. The monoisotopic (exact) mass is 593 g/mol. The molecule has 2 aromatic heterocycles. The van der Waals surface area contributed by atoms with Crippen LogP contribution in [0.25, 0.3) is 0 Å². The van der Waals surface area contributed by atoms with E-state index in [0.29, 0.717) is 32.6 Å². The Kier molecular flexibility index (Phi) is 9.01. The number of halogens is 5. The van der Waals surface area contributed by atoms with Crippen LogP contribution >= 0.6 is 12.4 Å². The van der Waals surface area contributed by atoms with Gasteiger partial charge >= 0.3 is 6.18 Å². The predicted molar refractivity (Wildman–Crippen MR) is 144 cm³/mol. The molecule has 4 heterocycles. The average Bonchev–Trinajstić information content (AvgIpc) is 2.98. The zero-order valence-corrected chi connectivity index (χ0v) is 22.7. The van der Waals surface area contributed by atoms with Crippen LogP contribution in [-0.2, 0) is 11.0 Å². The summed E-state index contributed by atoms with van der Waals surface area (Å²) in [5.74, 6) is -0.751. The summed E-state index contributed by atoms with van der Waals surface area (Å²) in [4.78, 5) is 40.5. The second-order valence-corrected chi connectivity index (χ2v) is 9.77. The van der Waals surface area contributed by atoms with Crippen LogP contribution in [0.4, 0.5) is 23.4 Å². The summed E-state index contributed by atoms with van der Waals surface area (Å²) in [5, 5.41) is 0. The van der Waals surface area contributed by atoms with Crippen molar-refractivity contribution in [3.8, 4) is 5.75 Å². The van der Waals surface area contributed by atoms with Crippen molar-refractivity contribution >= 4 is 30.0 Å². The van der Waals surface area contributed by atoms with Gasteiger partial charge in [-0.3, -0.25) is 14.6 Å². The van der Waals surface area contributed by atoms with E-state index in [1.165, 1.54) is 29.2 Å². The molecule has 0 bridgehead atoms. The molecule has 218 valence electrons. The zero-order chi connectivity index (χ0) is 28.3. The van der Waals surface area contributed by atoms with Gasteiger partial charge in [0, 0.05) is 51.3 Å². The Morgan fingerprint density at radius 2 is 1.63 bits per heavy atom. The van der Waals surface area contributed by atoms with Crippen LogP contribution in [0.2, 0.25) is 0 Å². The number of pyridine rings is 2. The molecule has 0 spiro atoms. The highest BCUT2D eigenvalue weighted by molar-refractivity contribution is 5.96. The lowest BCUT2D eigenvalue weighted by atomic mass is 9.89. The van der Waals surface area contributed by atoms with Gasteiger partial charge in [0.05, 0.1) is 17.7 Å². The first-order chi connectivity index (χ1) is 19.2. The minimum absolute atomic E-state index is 0. The van der Waals surface area contributed by atoms with E-state index in [4.69, 9.17) is 4.74 Å². The number of piperidine rings is 1. The molecule has 41 heavy (non-hydrogen) atoms. The topological polar surface area (TPSA) is 78.9 Å². The third-order valence-corrected chi connectivity index (χ3v) is 7.16. The lowest BCUT2D eigenvalue weighted by Gasteiger charge is -2.45. The number of carbonyl (C=O) groups is 2. The maximum absolute atomic E-state index is 14.1. The van der Waals surface area contributed by atoms with Crippen molar-refractivity contribution in [3.05, 3.63) is 84.1 Å². The SMILES string of the molecule is Cl.O=C(c1cnccc1C(F)(F)F)N1CCCC(Oc2ccc(F)cc2)(C(=O)N2CCN(c3ccccn3)CC2)C1. The van der Waals surface area contributed by atoms with Gasteiger partial charge in [0.2, 0.25) is 5.60 Å². The number of likely N-dealkylation sites (tertiary alicyclic amines) is 1. The van der Waals surface area contributed by atoms with Gasteiger partial charge in [-0.05, 0) is 55.3 Å². The van der Waals surface area contributed by atoms with Crippen LogP contribution in [0.1, 0.15) is 28.8 Å². The number of aromatic nitrogens is 2. The van der Waals surface area contributed by atoms with E-state index in [1.54, 1.807) is 11.1 Å². The van der Waals surface area contributed by atoms with E-state index >= 15 is 0 Å². The maximum Gasteiger partial charge on any atom is 0.417 e. The molecule has 13 heteroatoms. The van der Waals surface area contributed by atoms with E-state index < -0.39 is 34.6 Å². The van der Waals surface area contributed by atoms with E-state index in [9.17, 15) is 27.2 Å². The largest absolute Gasteiger partial charge is 0.476 e. The van der Waals surface area contributed by atoms with Crippen molar-refractivity contribution in [1.29, 1.82) is 0 Å². The van der Waals surface area contributed by atoms with Gasteiger partial charge in [-0.15, -0.1) is 12.4 Å². The summed E-state index contributed by atoms with van der Waals surface area (Å²) in [6, 6.07) is 11.5. The molecule has 1 atom stereocenters. The molecule has 2 amide bonds. The normalized spacial score (nSPS) is 19.4. The lowest BCUT2D eigenvalue weighted by Crippen LogP contribution is -2.64. The fourth-order valence-electron chi connectivity index (χ4n) is 5.18. The number of ether oxygens (including phenoxy) is 1. The van der Waals surface area contributed by atoms with Crippen molar-refractivity contribution in [3.63, 3.8) is 0 Å². The molecule has 0 aliphatic carbocycles. The number of amides is 2. The second kappa shape index (κ2) is 12.3. The molecule has 1 unspecified atom stereocenters. The van der Waals surface area contributed by atoms with Gasteiger partial charge < -0.3 is 19.4 Å². The smallest absolute Gasteiger partial charge is 0.417 e. The minimum atomic E-state index is -4.76. The van der Waals surface area contributed by atoms with Crippen molar-refractivity contribution in [2.75, 3.05) is 44.2 Å². The van der Waals surface area contributed by atoms with E-state index in [1.807, 2.05) is 18.2 Å². The minimum Gasteiger partial charge on any atom is -0.476 e. The first-order valence-electron chi connectivity index (χ1n) is 12.9. The highest BCUT2D eigenvalue weighted by Gasteiger charge is 2.49. The molecule has 2 aliphatic rings. The molecule has 2 fully saturated rings. The summed E-state index contributed by atoms with van der Waals surface area (Å²) in [6.07, 6.45) is -0.652. The number of hydrogen-bond acceptors (Lipinski definition) is 6. The summed E-state index contributed by atoms with van der Waals surface area (Å²) in [5.41, 5.74) is -3.26. The third-order valence-electron chi connectivity index (χ3n) is 7.16. The summed E-state index contributed by atoms with van der Waals surface area (Å²) in [6.45, 7) is 1.62. The van der Waals surface area contributed by atoms with Crippen LogP contribution in [0.15, 0.2) is 67.1 Å². The Morgan fingerprint density at radius 3 is 2.29 bits per heavy atom.